The summed E-state index contributed by atoms with van der Waals surface area (Å²) in [5.74, 6) is -0.882. The first-order valence-electron chi connectivity index (χ1n) is 8.37. The number of H-pyrrole nitrogens is 1. The number of likely N-dealkylation sites (tertiary alicyclic amines) is 1. The number of carboxylic acid groups (broad SMARTS) is 1. The third-order valence-electron chi connectivity index (χ3n) is 4.44. The van der Waals surface area contributed by atoms with E-state index in [2.05, 4.69) is 19.9 Å². The minimum absolute atomic E-state index is 0.187. The number of amides is 1. The molecule has 26 heavy (non-hydrogen) atoms. The summed E-state index contributed by atoms with van der Waals surface area (Å²) in [4.78, 5) is 52.7. The van der Waals surface area contributed by atoms with Crippen LogP contribution in [0.2, 0.25) is 0 Å². The van der Waals surface area contributed by atoms with Gasteiger partial charge in [-0.1, -0.05) is 0 Å². The van der Waals surface area contributed by atoms with Gasteiger partial charge in [-0.15, -0.1) is 0 Å². The van der Waals surface area contributed by atoms with E-state index >= 15 is 0 Å². The van der Waals surface area contributed by atoms with Crippen molar-refractivity contribution in [3.05, 3.63) is 40.1 Å². The van der Waals surface area contributed by atoms with Gasteiger partial charge in [0, 0.05) is 30.2 Å². The van der Waals surface area contributed by atoms with Crippen LogP contribution >= 0.6 is 0 Å². The summed E-state index contributed by atoms with van der Waals surface area (Å²) in [6, 6.07) is 0.819. The zero-order valence-electron chi connectivity index (χ0n) is 14.3. The lowest BCUT2D eigenvalue weighted by molar-refractivity contribution is -0.151. The molecule has 1 unspecified atom stereocenters. The molecule has 1 aliphatic heterocycles. The van der Waals surface area contributed by atoms with Gasteiger partial charge in [-0.3, -0.25) is 9.59 Å². The summed E-state index contributed by atoms with van der Waals surface area (Å²) in [5, 5.41) is 9.31. The topological polar surface area (TPSA) is 129 Å². The summed E-state index contributed by atoms with van der Waals surface area (Å²) >= 11 is 0. The Morgan fingerprint density at radius 1 is 1.31 bits per heavy atom. The molecule has 9 nitrogen and oxygen atoms in total. The maximum Gasteiger partial charge on any atom is 0.326 e. The number of carbonyl (C=O) groups is 2. The van der Waals surface area contributed by atoms with Crippen LogP contribution in [0.1, 0.15) is 30.5 Å². The average molecular weight is 357 g/mol. The van der Waals surface area contributed by atoms with E-state index in [0.29, 0.717) is 18.7 Å². The second kappa shape index (κ2) is 7.42. The number of aromatic nitrogens is 4. The standard InChI is InChI=1S/C17H19N5O4/c1-10-11(9-13(23)22-8-3-2-5-12(22)17(25)26)16(24)21-15(20-10)14-18-6-4-7-19-14/h4,6-7,12H,2-3,5,8-9H2,1H3,(H,25,26)(H,20,21,24). The molecule has 0 radical (unpaired) electrons. The maximum absolute atomic E-state index is 12.6. The summed E-state index contributed by atoms with van der Waals surface area (Å²) in [6.45, 7) is 2.02. The van der Waals surface area contributed by atoms with Gasteiger partial charge in [0.15, 0.2) is 11.6 Å². The number of hydrogen-bond acceptors (Lipinski definition) is 6. The minimum atomic E-state index is -1.02. The molecule has 1 fully saturated rings. The van der Waals surface area contributed by atoms with E-state index < -0.39 is 17.6 Å². The highest BCUT2D eigenvalue weighted by Gasteiger charge is 2.32. The molecule has 9 heteroatoms. The summed E-state index contributed by atoms with van der Waals surface area (Å²) in [5.41, 5.74) is 0.176. The molecule has 0 aliphatic carbocycles. The predicted octanol–water partition coefficient (Wildman–Crippen LogP) is 0.544. The Balaban J connectivity index is 1.85. The first kappa shape index (κ1) is 17.7. The van der Waals surface area contributed by atoms with Gasteiger partial charge in [0.1, 0.15) is 6.04 Å². The van der Waals surface area contributed by atoms with Gasteiger partial charge in [-0.05, 0) is 32.3 Å². The molecule has 0 saturated carbocycles. The van der Waals surface area contributed by atoms with Gasteiger partial charge < -0.3 is 15.0 Å². The van der Waals surface area contributed by atoms with Gasteiger partial charge in [-0.2, -0.15) is 0 Å². The average Bonchev–Trinajstić information content (AvgIpc) is 2.65. The molecule has 136 valence electrons. The largest absolute Gasteiger partial charge is 0.480 e. The van der Waals surface area contributed by atoms with Crippen molar-refractivity contribution in [2.75, 3.05) is 6.54 Å². The maximum atomic E-state index is 12.6. The van der Waals surface area contributed by atoms with Gasteiger partial charge in [0.05, 0.1) is 6.42 Å². The number of nitrogens with one attached hydrogen (secondary N) is 1. The number of carbonyl (C=O) groups excluding carboxylic acids is 1. The number of aryl methyl sites for hydroxylation is 1. The van der Waals surface area contributed by atoms with Gasteiger partial charge in [-0.25, -0.2) is 19.7 Å². The fourth-order valence-electron chi connectivity index (χ4n) is 3.09. The smallest absolute Gasteiger partial charge is 0.326 e. The van der Waals surface area contributed by atoms with Gasteiger partial charge in [0.25, 0.3) is 5.56 Å². The van der Waals surface area contributed by atoms with E-state index in [1.807, 2.05) is 0 Å². The molecular formula is C17H19N5O4. The van der Waals surface area contributed by atoms with Crippen LogP contribution in [0.5, 0.6) is 0 Å². The van der Waals surface area contributed by atoms with Crippen molar-refractivity contribution in [2.24, 2.45) is 0 Å². The highest BCUT2D eigenvalue weighted by molar-refractivity contribution is 5.85. The van der Waals surface area contributed by atoms with Crippen molar-refractivity contribution in [3.8, 4) is 11.6 Å². The molecule has 3 heterocycles. The van der Waals surface area contributed by atoms with E-state index in [9.17, 15) is 19.5 Å². The number of aliphatic carboxylic acids is 1. The van der Waals surface area contributed by atoms with Gasteiger partial charge >= 0.3 is 5.97 Å². The molecule has 1 saturated heterocycles. The zero-order valence-corrected chi connectivity index (χ0v) is 14.3. The van der Waals surface area contributed by atoms with Crippen LogP contribution in [0.3, 0.4) is 0 Å². The summed E-state index contributed by atoms with van der Waals surface area (Å²) in [7, 11) is 0. The molecule has 2 aromatic rings. The van der Waals surface area contributed by atoms with E-state index in [1.165, 1.54) is 17.3 Å². The van der Waals surface area contributed by atoms with Crippen molar-refractivity contribution < 1.29 is 14.7 Å². The second-order valence-corrected chi connectivity index (χ2v) is 6.16. The van der Waals surface area contributed by atoms with Gasteiger partial charge in [0.2, 0.25) is 5.91 Å². The number of carboxylic acids is 1. The lowest BCUT2D eigenvalue weighted by atomic mass is 10.0. The van der Waals surface area contributed by atoms with Crippen LogP contribution in [-0.2, 0) is 16.0 Å². The lowest BCUT2D eigenvalue weighted by Crippen LogP contribution is -2.49. The lowest BCUT2D eigenvalue weighted by Gasteiger charge is -2.33. The molecule has 1 aliphatic rings. The molecule has 2 N–H and O–H groups in total. The zero-order chi connectivity index (χ0) is 18.7. The Bertz CT molecular complexity index is 880. The van der Waals surface area contributed by atoms with E-state index in [-0.39, 0.29) is 29.5 Å². The Kier molecular flexibility index (Phi) is 5.06. The fraction of sp³-hybridized carbons (Fsp3) is 0.412. The van der Waals surface area contributed by atoms with Crippen molar-refractivity contribution in [1.29, 1.82) is 0 Å². The first-order chi connectivity index (χ1) is 12.5. The Hall–Kier alpha value is -3.10. The predicted molar refractivity (Wildman–Crippen MR) is 91.3 cm³/mol. The summed E-state index contributed by atoms with van der Waals surface area (Å²) in [6.07, 6.45) is 4.85. The Morgan fingerprint density at radius 3 is 2.69 bits per heavy atom. The normalized spacial score (nSPS) is 17.1. The highest BCUT2D eigenvalue weighted by Crippen LogP contribution is 2.19. The molecular weight excluding hydrogens is 338 g/mol. The number of hydrogen-bond donors (Lipinski definition) is 2. The number of aromatic amines is 1. The third kappa shape index (κ3) is 3.61. The quantitative estimate of drug-likeness (QED) is 0.817. The van der Waals surface area contributed by atoms with Crippen LogP contribution in [0.25, 0.3) is 11.6 Å². The molecule has 2 aromatic heterocycles. The third-order valence-corrected chi connectivity index (χ3v) is 4.44. The molecule has 0 bridgehead atoms. The Labute approximate surface area is 149 Å². The molecule has 0 aromatic carbocycles. The van der Waals surface area contributed by atoms with Crippen LogP contribution in [0.15, 0.2) is 23.3 Å². The van der Waals surface area contributed by atoms with Crippen molar-refractivity contribution >= 4 is 11.9 Å². The number of nitrogens with zero attached hydrogens (tertiary/aromatic N) is 4. The second-order valence-electron chi connectivity index (χ2n) is 6.16. The fourth-order valence-corrected chi connectivity index (χ4v) is 3.09. The van der Waals surface area contributed by atoms with Crippen molar-refractivity contribution in [1.82, 2.24) is 24.8 Å². The number of rotatable bonds is 4. The van der Waals surface area contributed by atoms with Crippen molar-refractivity contribution in [2.45, 2.75) is 38.6 Å². The monoisotopic (exact) mass is 357 g/mol. The SMILES string of the molecule is Cc1nc(-c2ncccn2)[nH]c(=O)c1CC(=O)N1CCCCC1C(=O)O. The molecule has 3 rings (SSSR count). The molecule has 0 spiro atoms. The first-order valence-corrected chi connectivity index (χ1v) is 8.37. The Morgan fingerprint density at radius 2 is 2.04 bits per heavy atom. The molecule has 1 amide bonds. The minimum Gasteiger partial charge on any atom is -0.480 e. The van der Waals surface area contributed by atoms with Crippen LogP contribution in [-0.4, -0.2) is 54.4 Å². The molecule has 1 atom stereocenters. The van der Waals surface area contributed by atoms with E-state index in [0.717, 1.165) is 12.8 Å². The van der Waals surface area contributed by atoms with Crippen molar-refractivity contribution in [3.63, 3.8) is 0 Å². The highest BCUT2D eigenvalue weighted by atomic mass is 16.4. The van der Waals surface area contributed by atoms with Crippen LogP contribution < -0.4 is 5.56 Å². The van der Waals surface area contributed by atoms with E-state index in [4.69, 9.17) is 0 Å². The number of piperidine rings is 1. The van der Waals surface area contributed by atoms with Crippen LogP contribution in [0, 0.1) is 6.92 Å². The van der Waals surface area contributed by atoms with E-state index in [1.54, 1.807) is 13.0 Å². The van der Waals surface area contributed by atoms with Crippen LogP contribution in [0.4, 0.5) is 0 Å². The summed E-state index contributed by atoms with van der Waals surface area (Å²) < 4.78 is 0.